The molecule has 0 saturated heterocycles. The maximum absolute atomic E-state index is 11.2. The molecular weight excluding hydrogens is 194 g/mol. The molecule has 0 radical (unpaired) electrons. The molecule has 0 spiro atoms. The van der Waals surface area contributed by atoms with E-state index in [0.717, 1.165) is 0 Å². The van der Waals surface area contributed by atoms with Crippen molar-refractivity contribution in [2.45, 2.75) is 0 Å². The fourth-order valence-electron chi connectivity index (χ4n) is 0. The van der Waals surface area contributed by atoms with Crippen molar-refractivity contribution in [2.24, 2.45) is 0 Å². The second-order valence-electron chi connectivity index (χ2n) is 0.958. The average molecular weight is 194 g/mol. The minimum absolute atomic E-state index is 3.71. The van der Waals surface area contributed by atoms with Crippen LogP contribution in [0, 0.1) is 0 Å². The molecular formula is Cl3F3P-. The van der Waals surface area contributed by atoms with Crippen LogP contribution in [-0.2, 0) is 0 Å². The Morgan fingerprint density at radius 3 is 0.857 bits per heavy atom. The van der Waals surface area contributed by atoms with Crippen LogP contribution in [0.25, 0.3) is 0 Å². The van der Waals surface area contributed by atoms with Gasteiger partial charge >= 0.3 is 51.2 Å². The van der Waals surface area contributed by atoms with Gasteiger partial charge in [-0.3, -0.25) is 0 Å². The molecule has 0 amide bonds. The SMILES string of the molecule is F[P-](F)(F)(Cl)(Cl)Cl. The van der Waals surface area contributed by atoms with Crippen LogP contribution in [0.4, 0.5) is 12.6 Å². The summed E-state index contributed by atoms with van der Waals surface area (Å²) in [6.45, 7) is 0. The van der Waals surface area contributed by atoms with Gasteiger partial charge in [-0.2, -0.15) is 0 Å². The van der Waals surface area contributed by atoms with E-state index in [-0.39, 0.29) is 0 Å². The number of halogens is 6. The zero-order valence-corrected chi connectivity index (χ0v) is 5.88. The summed E-state index contributed by atoms with van der Waals surface area (Å²) in [4.78, 5) is -7.74. The Kier molecular flexibility index (Phi) is 1.17. The monoisotopic (exact) mass is 193 g/mol. The zero-order chi connectivity index (χ0) is 6.41. The Morgan fingerprint density at radius 1 is 0.857 bits per heavy atom. The summed E-state index contributed by atoms with van der Waals surface area (Å²) in [6, 6.07) is 0. The van der Waals surface area contributed by atoms with Crippen LogP contribution < -0.4 is 0 Å². The molecule has 0 aliphatic carbocycles. The normalized spacial score (nSPS) is 23.1. The average Bonchev–Trinajstić information content (AvgIpc) is 0.592. The standard InChI is InChI=1S/Cl3F3P/c1-7(2,3,4,5)6/q-1. The Hall–Kier alpha value is 1.09. The van der Waals surface area contributed by atoms with Gasteiger partial charge in [0.05, 0.1) is 0 Å². The summed E-state index contributed by atoms with van der Waals surface area (Å²) in [6.07, 6.45) is 0. The topological polar surface area (TPSA) is 0 Å². The molecule has 48 valence electrons. The Bertz CT molecular complexity index is 68.7. The molecule has 0 aromatic rings. The summed E-state index contributed by atoms with van der Waals surface area (Å²) in [7, 11) is 0. The van der Waals surface area contributed by atoms with E-state index in [4.69, 9.17) is 0 Å². The van der Waals surface area contributed by atoms with Crippen molar-refractivity contribution in [3.8, 4) is 0 Å². The van der Waals surface area contributed by atoms with E-state index in [1.54, 1.807) is 0 Å². The van der Waals surface area contributed by atoms with E-state index >= 15 is 0 Å². The molecule has 7 heteroatoms. The van der Waals surface area contributed by atoms with Crippen LogP contribution >= 0.6 is 38.7 Å². The van der Waals surface area contributed by atoms with E-state index < -0.39 is 4.93 Å². The van der Waals surface area contributed by atoms with Gasteiger partial charge in [0.1, 0.15) is 0 Å². The molecule has 0 aliphatic heterocycles. The van der Waals surface area contributed by atoms with Crippen LogP contribution in [0.15, 0.2) is 0 Å². The van der Waals surface area contributed by atoms with Gasteiger partial charge < -0.3 is 0 Å². The molecule has 0 aliphatic rings. The number of hydrogen-bond donors (Lipinski definition) is 0. The van der Waals surface area contributed by atoms with Crippen molar-refractivity contribution in [3.05, 3.63) is 0 Å². The number of rotatable bonds is 0. The molecule has 0 saturated carbocycles. The van der Waals surface area contributed by atoms with Crippen molar-refractivity contribution in [1.29, 1.82) is 0 Å². The van der Waals surface area contributed by atoms with Crippen LogP contribution in [0.2, 0.25) is 0 Å². The van der Waals surface area contributed by atoms with Crippen molar-refractivity contribution >= 4 is 38.7 Å². The fraction of sp³-hybridized carbons (Fsp3) is 0. The van der Waals surface area contributed by atoms with Crippen molar-refractivity contribution in [1.82, 2.24) is 0 Å². The molecule has 0 nitrogen and oxygen atoms in total. The summed E-state index contributed by atoms with van der Waals surface area (Å²) < 4.78 is 33.5. The van der Waals surface area contributed by atoms with Gasteiger partial charge in [-0.05, 0) is 0 Å². The summed E-state index contributed by atoms with van der Waals surface area (Å²) in [5, 5.41) is 0. The summed E-state index contributed by atoms with van der Waals surface area (Å²) in [5.74, 6) is 0. The first-order valence-corrected chi connectivity index (χ1v) is 6.09. The maximum atomic E-state index is 11.2. The predicted molar refractivity (Wildman–Crippen MR) is 27.8 cm³/mol. The third kappa shape index (κ3) is 155. The van der Waals surface area contributed by atoms with E-state index in [9.17, 15) is 12.6 Å². The van der Waals surface area contributed by atoms with Crippen LogP contribution in [0.3, 0.4) is 0 Å². The van der Waals surface area contributed by atoms with Crippen molar-refractivity contribution in [3.63, 3.8) is 0 Å². The van der Waals surface area contributed by atoms with Gasteiger partial charge in [0.25, 0.3) is 0 Å². The molecule has 0 rings (SSSR count). The first-order valence-electron chi connectivity index (χ1n) is 1.01. The van der Waals surface area contributed by atoms with Gasteiger partial charge in [0.2, 0.25) is 0 Å². The molecule has 0 bridgehead atoms. The molecule has 0 fully saturated rings. The molecule has 0 aromatic carbocycles. The molecule has 0 aromatic heterocycles. The van der Waals surface area contributed by atoms with E-state index in [2.05, 4.69) is 33.7 Å². The third-order valence-corrected chi connectivity index (χ3v) is 0. The second kappa shape index (κ2) is 1.02. The molecule has 0 unspecified atom stereocenters. The van der Waals surface area contributed by atoms with Gasteiger partial charge in [0.15, 0.2) is 0 Å². The van der Waals surface area contributed by atoms with Crippen molar-refractivity contribution < 1.29 is 12.6 Å². The third-order valence-electron chi connectivity index (χ3n) is 0. The number of hydrogen-bond acceptors (Lipinski definition) is 0. The summed E-state index contributed by atoms with van der Waals surface area (Å²) >= 11 is 11.1. The fourth-order valence-corrected chi connectivity index (χ4v) is 0. The molecule has 7 heavy (non-hydrogen) atoms. The van der Waals surface area contributed by atoms with E-state index in [1.807, 2.05) is 0 Å². The Balaban J connectivity index is 4.43. The van der Waals surface area contributed by atoms with Gasteiger partial charge in [-0.1, -0.05) is 0 Å². The predicted octanol–water partition coefficient (Wildman–Crippen LogP) is 4.19. The minimum atomic E-state index is -7.74. The Labute approximate surface area is 51.8 Å². The molecule has 0 atom stereocenters. The Morgan fingerprint density at radius 2 is 0.857 bits per heavy atom. The quantitative estimate of drug-likeness (QED) is 0.507. The van der Waals surface area contributed by atoms with E-state index in [0.29, 0.717) is 0 Å². The van der Waals surface area contributed by atoms with Gasteiger partial charge in [-0.25, -0.2) is 0 Å². The van der Waals surface area contributed by atoms with Crippen LogP contribution in [0.1, 0.15) is 0 Å². The van der Waals surface area contributed by atoms with Crippen LogP contribution in [0.5, 0.6) is 0 Å². The summed E-state index contributed by atoms with van der Waals surface area (Å²) in [5.41, 5.74) is 0. The van der Waals surface area contributed by atoms with Gasteiger partial charge in [0, 0.05) is 0 Å². The second-order valence-corrected chi connectivity index (χ2v) is 10.9. The van der Waals surface area contributed by atoms with Crippen molar-refractivity contribution in [2.75, 3.05) is 0 Å². The van der Waals surface area contributed by atoms with Gasteiger partial charge in [-0.15, -0.1) is 0 Å². The zero-order valence-electron chi connectivity index (χ0n) is 2.72. The first-order chi connectivity index (χ1) is 2.45. The van der Waals surface area contributed by atoms with E-state index in [1.165, 1.54) is 0 Å². The first kappa shape index (κ1) is 8.09. The van der Waals surface area contributed by atoms with Crippen LogP contribution in [-0.4, -0.2) is 0 Å². The molecule has 0 heterocycles. The molecule has 0 N–H and O–H groups in total.